The van der Waals surface area contributed by atoms with E-state index in [4.69, 9.17) is 9.47 Å². The summed E-state index contributed by atoms with van der Waals surface area (Å²) in [7, 11) is 0. The van der Waals surface area contributed by atoms with Crippen LogP contribution in [-0.4, -0.2) is 11.9 Å². The fourth-order valence-corrected chi connectivity index (χ4v) is 6.37. The summed E-state index contributed by atoms with van der Waals surface area (Å²) in [4.78, 5) is 27.4. The van der Waals surface area contributed by atoms with Gasteiger partial charge in [-0.1, -0.05) is 65.8 Å². The molecule has 0 spiro atoms. The highest BCUT2D eigenvalue weighted by Gasteiger charge is 2.53. The third-order valence-corrected chi connectivity index (χ3v) is 8.43. The fourth-order valence-electron chi connectivity index (χ4n) is 6.37. The molecule has 0 N–H and O–H groups in total. The lowest BCUT2D eigenvalue weighted by molar-refractivity contribution is -0.151. The second kappa shape index (κ2) is 11.7. The van der Waals surface area contributed by atoms with Crippen molar-refractivity contribution in [2.75, 3.05) is 0 Å². The topological polar surface area (TPSA) is 52.6 Å². The second-order valence-electron chi connectivity index (χ2n) is 10.4. The molecule has 0 heterocycles. The van der Waals surface area contributed by atoms with Gasteiger partial charge in [-0.15, -0.1) is 0 Å². The highest BCUT2D eigenvalue weighted by atomic mass is 16.5. The fraction of sp³-hybridized carbons (Fsp3) is 0.515. The van der Waals surface area contributed by atoms with E-state index >= 15 is 0 Å². The van der Waals surface area contributed by atoms with Gasteiger partial charge in [0.2, 0.25) is 0 Å². The second-order valence-corrected chi connectivity index (χ2v) is 10.4. The Kier molecular flexibility index (Phi) is 8.56. The van der Waals surface area contributed by atoms with Crippen molar-refractivity contribution in [2.45, 2.75) is 86.5 Å². The smallest absolute Gasteiger partial charge is 0.315 e. The van der Waals surface area contributed by atoms with Gasteiger partial charge in [0.15, 0.2) is 0 Å². The van der Waals surface area contributed by atoms with Gasteiger partial charge in [-0.3, -0.25) is 9.59 Å². The van der Waals surface area contributed by atoms with Crippen molar-refractivity contribution in [3.63, 3.8) is 0 Å². The SMILES string of the molecule is CCc1cc(CC)c(CC)c(OC(=O)C2C3C=CC(C3)C2C(=O)Oc2cc(CC)cc(CC)c2CC)c1. The highest BCUT2D eigenvalue weighted by molar-refractivity contribution is 5.87. The summed E-state index contributed by atoms with van der Waals surface area (Å²) in [6, 6.07) is 8.44. The molecule has 2 aromatic rings. The zero-order chi connectivity index (χ0) is 26.7. The van der Waals surface area contributed by atoms with Crippen LogP contribution >= 0.6 is 0 Å². The van der Waals surface area contributed by atoms with Crippen LogP contribution in [0, 0.1) is 23.7 Å². The van der Waals surface area contributed by atoms with Gasteiger partial charge in [-0.05, 0) is 102 Å². The molecule has 0 aliphatic heterocycles. The van der Waals surface area contributed by atoms with Crippen molar-refractivity contribution in [1.82, 2.24) is 0 Å². The Balaban J connectivity index is 1.63. The molecule has 0 aromatic heterocycles. The van der Waals surface area contributed by atoms with Crippen LogP contribution < -0.4 is 9.47 Å². The molecule has 4 rings (SSSR count). The average molecular weight is 503 g/mol. The largest absolute Gasteiger partial charge is 0.426 e. The minimum absolute atomic E-state index is 0.0129. The number of aryl methyl sites for hydroxylation is 4. The van der Waals surface area contributed by atoms with Crippen LogP contribution in [0.3, 0.4) is 0 Å². The summed E-state index contributed by atoms with van der Waals surface area (Å²) in [6.07, 6.45) is 10.1. The summed E-state index contributed by atoms with van der Waals surface area (Å²) in [5, 5.41) is 0. The number of rotatable bonds is 10. The van der Waals surface area contributed by atoms with Gasteiger partial charge in [0.1, 0.15) is 11.5 Å². The third kappa shape index (κ3) is 5.26. The number of allylic oxidation sites excluding steroid dienone is 2. The molecule has 4 heteroatoms. The molecule has 2 aromatic carbocycles. The number of carbonyl (C=O) groups excluding carboxylic acids is 2. The number of carbonyl (C=O) groups is 2. The van der Waals surface area contributed by atoms with E-state index in [9.17, 15) is 9.59 Å². The molecule has 1 saturated carbocycles. The first-order valence-corrected chi connectivity index (χ1v) is 14.3. The predicted octanol–water partition coefficient (Wildman–Crippen LogP) is 7.01. The van der Waals surface area contributed by atoms with Crippen molar-refractivity contribution in [3.05, 3.63) is 69.8 Å². The van der Waals surface area contributed by atoms with Gasteiger partial charge < -0.3 is 9.47 Å². The molecule has 4 atom stereocenters. The summed E-state index contributed by atoms with van der Waals surface area (Å²) in [5.41, 5.74) is 6.94. The number of ether oxygens (including phenoxy) is 2. The summed E-state index contributed by atoms with van der Waals surface area (Å²) in [5.74, 6) is -0.330. The van der Waals surface area contributed by atoms with Crippen LogP contribution in [0.5, 0.6) is 11.5 Å². The Labute approximate surface area is 222 Å². The van der Waals surface area contributed by atoms with E-state index in [1.165, 1.54) is 11.1 Å². The molecule has 2 aliphatic carbocycles. The number of hydrogen-bond acceptors (Lipinski definition) is 4. The van der Waals surface area contributed by atoms with Crippen LogP contribution in [0.25, 0.3) is 0 Å². The number of hydrogen-bond donors (Lipinski definition) is 0. The molecule has 2 bridgehead atoms. The molecular weight excluding hydrogens is 460 g/mol. The van der Waals surface area contributed by atoms with Crippen molar-refractivity contribution < 1.29 is 19.1 Å². The van der Waals surface area contributed by atoms with Gasteiger partial charge in [0, 0.05) is 0 Å². The van der Waals surface area contributed by atoms with E-state index in [1.54, 1.807) is 0 Å². The predicted molar refractivity (Wildman–Crippen MR) is 148 cm³/mol. The zero-order valence-electron chi connectivity index (χ0n) is 23.4. The minimum atomic E-state index is -0.521. The van der Waals surface area contributed by atoms with E-state index in [2.05, 4.69) is 65.8 Å². The Morgan fingerprint density at radius 2 is 1.03 bits per heavy atom. The lowest BCUT2D eigenvalue weighted by Crippen LogP contribution is -2.38. The third-order valence-electron chi connectivity index (χ3n) is 8.43. The van der Waals surface area contributed by atoms with E-state index in [0.717, 1.165) is 67.2 Å². The first-order valence-electron chi connectivity index (χ1n) is 14.3. The quantitative estimate of drug-likeness (QED) is 0.199. The average Bonchev–Trinajstić information content (AvgIpc) is 3.54. The van der Waals surface area contributed by atoms with Crippen molar-refractivity contribution in [1.29, 1.82) is 0 Å². The van der Waals surface area contributed by atoms with Crippen LogP contribution in [-0.2, 0) is 48.1 Å². The molecule has 1 fully saturated rings. The van der Waals surface area contributed by atoms with Crippen LogP contribution in [0.1, 0.15) is 81.3 Å². The summed E-state index contributed by atoms with van der Waals surface area (Å²) < 4.78 is 12.3. The van der Waals surface area contributed by atoms with Gasteiger partial charge in [-0.2, -0.15) is 0 Å². The lowest BCUT2D eigenvalue weighted by Gasteiger charge is -2.26. The normalized spacial score (nSPS) is 21.9. The van der Waals surface area contributed by atoms with E-state index in [-0.39, 0.29) is 23.8 Å². The molecule has 0 saturated heterocycles. The van der Waals surface area contributed by atoms with Gasteiger partial charge in [-0.25, -0.2) is 0 Å². The zero-order valence-corrected chi connectivity index (χ0v) is 23.4. The first kappa shape index (κ1) is 27.2. The van der Waals surface area contributed by atoms with Crippen molar-refractivity contribution in [3.8, 4) is 11.5 Å². The van der Waals surface area contributed by atoms with E-state index in [1.807, 2.05) is 12.1 Å². The first-order chi connectivity index (χ1) is 17.9. The van der Waals surface area contributed by atoms with Crippen molar-refractivity contribution in [2.24, 2.45) is 23.7 Å². The summed E-state index contributed by atoms with van der Waals surface area (Å²) in [6.45, 7) is 12.7. The van der Waals surface area contributed by atoms with Gasteiger partial charge >= 0.3 is 11.9 Å². The molecule has 4 nitrogen and oxygen atoms in total. The maximum absolute atomic E-state index is 13.7. The maximum atomic E-state index is 13.7. The van der Waals surface area contributed by atoms with Crippen LogP contribution in [0.2, 0.25) is 0 Å². The molecular formula is C33H42O4. The number of fused-ring (bicyclic) bond motifs is 2. The molecule has 4 unspecified atom stereocenters. The number of benzene rings is 2. The van der Waals surface area contributed by atoms with Gasteiger partial charge in [0.05, 0.1) is 11.8 Å². The Morgan fingerprint density at radius 3 is 1.35 bits per heavy atom. The number of esters is 2. The van der Waals surface area contributed by atoms with E-state index < -0.39 is 11.8 Å². The van der Waals surface area contributed by atoms with Gasteiger partial charge in [0.25, 0.3) is 0 Å². The molecule has 0 radical (unpaired) electrons. The molecule has 37 heavy (non-hydrogen) atoms. The Bertz CT molecular complexity index is 1100. The monoisotopic (exact) mass is 502 g/mol. The summed E-state index contributed by atoms with van der Waals surface area (Å²) >= 11 is 0. The minimum Gasteiger partial charge on any atom is -0.426 e. The van der Waals surface area contributed by atoms with Crippen molar-refractivity contribution >= 4 is 11.9 Å². The maximum Gasteiger partial charge on any atom is 0.315 e. The lowest BCUT2D eigenvalue weighted by atomic mass is 9.83. The Morgan fingerprint density at radius 1 is 0.622 bits per heavy atom. The standard InChI is InChI=1S/C33H42O4/c1-7-20-15-22(9-3)26(11-5)28(17-20)36-32(34)30-24-13-14-25(19-24)31(30)33(35)37-29-18-21(8-2)16-23(10-4)27(29)12-6/h13-18,24-25,30-31H,7-12,19H2,1-6H3. The molecule has 198 valence electrons. The molecule has 2 aliphatic rings. The highest BCUT2D eigenvalue weighted by Crippen LogP contribution is 2.49. The Hall–Kier alpha value is -2.88. The molecule has 0 amide bonds. The van der Waals surface area contributed by atoms with Crippen LogP contribution in [0.15, 0.2) is 36.4 Å². The van der Waals surface area contributed by atoms with E-state index in [0.29, 0.717) is 11.5 Å². The van der Waals surface area contributed by atoms with Crippen LogP contribution in [0.4, 0.5) is 0 Å².